The maximum atomic E-state index is 14.1. The van der Waals surface area contributed by atoms with Crippen molar-refractivity contribution in [2.75, 3.05) is 20.1 Å². The van der Waals surface area contributed by atoms with Crippen molar-refractivity contribution in [2.45, 2.75) is 38.5 Å². The Morgan fingerprint density at radius 1 is 1.26 bits per heavy atom. The van der Waals surface area contributed by atoms with Gasteiger partial charge >= 0.3 is 0 Å². The number of benzene rings is 1. The number of aryl methyl sites for hydroxylation is 2. The van der Waals surface area contributed by atoms with Crippen LogP contribution in [0.4, 0.5) is 4.39 Å². The highest BCUT2D eigenvalue weighted by atomic mass is 127. The van der Waals surface area contributed by atoms with E-state index in [9.17, 15) is 4.39 Å². The number of nitrogens with one attached hydrogen (secondary N) is 2. The molecule has 1 fully saturated rings. The van der Waals surface area contributed by atoms with Gasteiger partial charge in [0, 0.05) is 38.3 Å². The average molecular weight is 485 g/mol. The van der Waals surface area contributed by atoms with Crippen LogP contribution in [0, 0.1) is 19.7 Å². The van der Waals surface area contributed by atoms with Crippen LogP contribution in [-0.4, -0.2) is 35.9 Å². The highest BCUT2D eigenvalue weighted by Gasteiger charge is 2.45. The summed E-state index contributed by atoms with van der Waals surface area (Å²) in [5, 5.41) is 11.2. The fraction of sp³-hybridized carbons (Fsp3) is 0.500. The summed E-state index contributed by atoms with van der Waals surface area (Å²) in [5.41, 5.74) is 4.26. The number of aromatic nitrogens is 2. The quantitative estimate of drug-likeness (QED) is 0.376. The second-order valence-electron chi connectivity index (χ2n) is 7.14. The third kappa shape index (κ3) is 4.80. The minimum Gasteiger partial charge on any atom is -0.356 e. The standard InChI is InChI=1S/C20H28FN5.HI/c1-14-16(15(2)26(4)25-14)9-12-23-19(22-3)24-13-20(10-11-20)17-7-5-6-8-18(17)21;/h5-8H,9-13H2,1-4H3,(H2,22,23,24);1H. The van der Waals surface area contributed by atoms with E-state index in [1.54, 1.807) is 19.2 Å². The van der Waals surface area contributed by atoms with Crippen molar-refractivity contribution in [3.8, 4) is 0 Å². The summed E-state index contributed by atoms with van der Waals surface area (Å²) in [6.07, 6.45) is 2.91. The summed E-state index contributed by atoms with van der Waals surface area (Å²) in [4.78, 5) is 4.30. The van der Waals surface area contributed by atoms with Gasteiger partial charge in [0.1, 0.15) is 5.82 Å². The molecule has 0 bridgehead atoms. The van der Waals surface area contributed by atoms with Crippen LogP contribution in [0.25, 0.3) is 0 Å². The Bertz CT molecular complexity index is 811. The number of guanidine groups is 1. The normalized spacial score (nSPS) is 15.2. The number of rotatable bonds is 6. The first-order valence-electron chi connectivity index (χ1n) is 9.15. The summed E-state index contributed by atoms with van der Waals surface area (Å²) >= 11 is 0. The fourth-order valence-corrected chi connectivity index (χ4v) is 3.54. The Morgan fingerprint density at radius 3 is 2.52 bits per heavy atom. The molecule has 5 nitrogen and oxygen atoms in total. The highest BCUT2D eigenvalue weighted by molar-refractivity contribution is 14.0. The van der Waals surface area contributed by atoms with E-state index in [4.69, 9.17) is 0 Å². The highest BCUT2D eigenvalue weighted by Crippen LogP contribution is 2.48. The summed E-state index contributed by atoms with van der Waals surface area (Å²) in [5.74, 6) is 0.643. The van der Waals surface area contributed by atoms with Gasteiger partial charge in [0.2, 0.25) is 0 Å². The topological polar surface area (TPSA) is 54.2 Å². The van der Waals surface area contributed by atoms with Crippen molar-refractivity contribution in [2.24, 2.45) is 12.0 Å². The van der Waals surface area contributed by atoms with Gasteiger partial charge in [-0.25, -0.2) is 4.39 Å². The molecule has 1 aromatic carbocycles. The molecule has 3 rings (SSSR count). The Labute approximate surface area is 177 Å². The van der Waals surface area contributed by atoms with Gasteiger partial charge < -0.3 is 10.6 Å². The minimum absolute atomic E-state index is 0. The molecule has 0 radical (unpaired) electrons. The fourth-order valence-electron chi connectivity index (χ4n) is 3.54. The Balaban J connectivity index is 0.00000261. The van der Waals surface area contributed by atoms with Gasteiger partial charge in [0.25, 0.3) is 0 Å². The van der Waals surface area contributed by atoms with E-state index < -0.39 is 0 Å². The lowest BCUT2D eigenvalue weighted by Gasteiger charge is -2.19. The summed E-state index contributed by atoms with van der Waals surface area (Å²) in [6, 6.07) is 7.09. The molecule has 7 heteroatoms. The summed E-state index contributed by atoms with van der Waals surface area (Å²) in [7, 11) is 3.73. The van der Waals surface area contributed by atoms with Crippen molar-refractivity contribution in [1.29, 1.82) is 0 Å². The molecule has 148 valence electrons. The zero-order chi connectivity index (χ0) is 18.7. The van der Waals surface area contributed by atoms with Crippen LogP contribution in [0.1, 0.15) is 35.4 Å². The number of aliphatic imine (C=N–C) groups is 1. The number of hydrogen-bond donors (Lipinski definition) is 2. The van der Waals surface area contributed by atoms with Crippen LogP contribution in [-0.2, 0) is 18.9 Å². The van der Waals surface area contributed by atoms with Gasteiger partial charge in [-0.15, -0.1) is 24.0 Å². The lowest BCUT2D eigenvalue weighted by atomic mass is 9.95. The molecule has 2 N–H and O–H groups in total. The lowest BCUT2D eigenvalue weighted by molar-refractivity contribution is 0.559. The van der Waals surface area contributed by atoms with E-state index in [1.807, 2.05) is 30.8 Å². The predicted octanol–water partition coefficient (Wildman–Crippen LogP) is 3.23. The molecule has 0 spiro atoms. The van der Waals surface area contributed by atoms with Crippen molar-refractivity contribution in [1.82, 2.24) is 20.4 Å². The van der Waals surface area contributed by atoms with Crippen molar-refractivity contribution in [3.05, 3.63) is 52.6 Å². The first-order valence-corrected chi connectivity index (χ1v) is 9.15. The number of nitrogens with zero attached hydrogens (tertiary/aromatic N) is 3. The van der Waals surface area contributed by atoms with E-state index in [0.29, 0.717) is 6.54 Å². The van der Waals surface area contributed by atoms with E-state index in [2.05, 4.69) is 27.6 Å². The lowest BCUT2D eigenvalue weighted by Crippen LogP contribution is -2.42. The van der Waals surface area contributed by atoms with Crippen LogP contribution in [0.15, 0.2) is 29.3 Å². The van der Waals surface area contributed by atoms with E-state index in [-0.39, 0.29) is 35.2 Å². The van der Waals surface area contributed by atoms with Crippen molar-refractivity contribution in [3.63, 3.8) is 0 Å². The molecule has 0 amide bonds. The largest absolute Gasteiger partial charge is 0.356 e. The second-order valence-corrected chi connectivity index (χ2v) is 7.14. The smallest absolute Gasteiger partial charge is 0.191 e. The van der Waals surface area contributed by atoms with E-state index in [1.165, 1.54) is 11.3 Å². The Hall–Kier alpha value is -1.64. The maximum Gasteiger partial charge on any atom is 0.191 e. The van der Waals surface area contributed by atoms with Crippen LogP contribution in [0.5, 0.6) is 0 Å². The molecule has 2 aromatic rings. The number of halogens is 2. The Kier molecular flexibility index (Phi) is 7.25. The van der Waals surface area contributed by atoms with Gasteiger partial charge in [0.05, 0.1) is 5.69 Å². The van der Waals surface area contributed by atoms with Crippen LogP contribution in [0.2, 0.25) is 0 Å². The third-order valence-electron chi connectivity index (χ3n) is 5.44. The third-order valence-corrected chi connectivity index (χ3v) is 5.44. The molecule has 1 saturated carbocycles. The zero-order valence-corrected chi connectivity index (χ0v) is 18.8. The number of hydrogen-bond acceptors (Lipinski definition) is 2. The molecule has 0 unspecified atom stereocenters. The second kappa shape index (κ2) is 9.03. The maximum absolute atomic E-state index is 14.1. The molecule has 0 aliphatic heterocycles. The van der Waals surface area contributed by atoms with Crippen LogP contribution >= 0.6 is 24.0 Å². The SMILES string of the molecule is CN=C(NCCc1c(C)nn(C)c1C)NCC1(c2ccccc2F)CC1.I. The molecular weight excluding hydrogens is 456 g/mol. The first-order chi connectivity index (χ1) is 12.5. The molecule has 1 aliphatic carbocycles. The first kappa shape index (κ1) is 21.7. The molecule has 0 atom stereocenters. The molecule has 1 aromatic heterocycles. The van der Waals surface area contributed by atoms with E-state index in [0.717, 1.165) is 43.0 Å². The zero-order valence-electron chi connectivity index (χ0n) is 16.5. The predicted molar refractivity (Wildman–Crippen MR) is 118 cm³/mol. The minimum atomic E-state index is -0.114. The van der Waals surface area contributed by atoms with Crippen molar-refractivity contribution < 1.29 is 4.39 Å². The molecule has 1 aliphatic rings. The molecule has 0 saturated heterocycles. The summed E-state index contributed by atoms with van der Waals surface area (Å²) < 4.78 is 16.0. The van der Waals surface area contributed by atoms with Gasteiger partial charge in [0.15, 0.2) is 5.96 Å². The monoisotopic (exact) mass is 485 g/mol. The van der Waals surface area contributed by atoms with Crippen LogP contribution < -0.4 is 10.6 Å². The van der Waals surface area contributed by atoms with Crippen LogP contribution in [0.3, 0.4) is 0 Å². The molecular formula is C20H29FIN5. The van der Waals surface area contributed by atoms with Gasteiger partial charge in [-0.2, -0.15) is 5.10 Å². The summed E-state index contributed by atoms with van der Waals surface area (Å²) in [6.45, 7) is 5.60. The molecule has 27 heavy (non-hydrogen) atoms. The van der Waals surface area contributed by atoms with Gasteiger partial charge in [-0.1, -0.05) is 18.2 Å². The van der Waals surface area contributed by atoms with E-state index >= 15 is 0 Å². The Morgan fingerprint density at radius 2 is 1.96 bits per heavy atom. The molecule has 1 heterocycles. The van der Waals surface area contributed by atoms with Crippen molar-refractivity contribution >= 4 is 29.9 Å². The van der Waals surface area contributed by atoms with Gasteiger partial charge in [-0.05, 0) is 50.3 Å². The van der Waals surface area contributed by atoms with Gasteiger partial charge in [-0.3, -0.25) is 9.67 Å². The average Bonchev–Trinajstić information content (AvgIpc) is 3.37.